The average molecular weight is 448 g/mol. The van der Waals surface area contributed by atoms with Gasteiger partial charge in [0.25, 0.3) is 0 Å². The molecule has 8 nitrogen and oxygen atoms in total. The van der Waals surface area contributed by atoms with Crippen molar-refractivity contribution >= 4 is 48.0 Å². The van der Waals surface area contributed by atoms with E-state index in [1.165, 1.54) is 12.1 Å². The highest BCUT2D eigenvalue weighted by Gasteiger charge is 2.14. The molecule has 0 saturated heterocycles. The molecule has 0 fully saturated rings. The molecule has 4 rings (SSSR count). The van der Waals surface area contributed by atoms with E-state index in [0.717, 1.165) is 22.0 Å². The third-order valence-electron chi connectivity index (χ3n) is 4.18. The summed E-state index contributed by atoms with van der Waals surface area (Å²) in [5.74, 6) is 0.488. The predicted octanol–water partition coefficient (Wildman–Crippen LogP) is 2.45. The van der Waals surface area contributed by atoms with Gasteiger partial charge in [0, 0.05) is 15.9 Å². The fourth-order valence-corrected chi connectivity index (χ4v) is 4.07. The standard InChI is InChI=1S/C17H14BrN5O3S/c1-26-15-5-4-12-16-14(7-20-17(12)22-15)21-9-23(16)8-10-2-3-11(6-13(10)18)27(19,24)25/h2-7,9H,8H2,1H3,(H2,19,24,25). The molecule has 3 aromatic heterocycles. The first-order chi connectivity index (χ1) is 12.9. The van der Waals surface area contributed by atoms with E-state index in [-0.39, 0.29) is 4.90 Å². The van der Waals surface area contributed by atoms with Crippen molar-refractivity contribution in [2.45, 2.75) is 11.4 Å². The average Bonchev–Trinajstić information content (AvgIpc) is 3.05. The summed E-state index contributed by atoms with van der Waals surface area (Å²) >= 11 is 3.42. The molecule has 27 heavy (non-hydrogen) atoms. The Morgan fingerprint density at radius 2 is 2.04 bits per heavy atom. The number of pyridine rings is 2. The van der Waals surface area contributed by atoms with Crippen LogP contribution in [0.2, 0.25) is 0 Å². The molecule has 0 radical (unpaired) electrons. The van der Waals surface area contributed by atoms with Crippen LogP contribution < -0.4 is 9.88 Å². The molecular weight excluding hydrogens is 434 g/mol. The number of primary sulfonamides is 1. The van der Waals surface area contributed by atoms with Gasteiger partial charge in [-0.15, -0.1) is 0 Å². The van der Waals surface area contributed by atoms with Gasteiger partial charge in [-0.3, -0.25) is 0 Å². The second-order valence-electron chi connectivity index (χ2n) is 5.89. The highest BCUT2D eigenvalue weighted by molar-refractivity contribution is 9.10. The lowest BCUT2D eigenvalue weighted by molar-refractivity contribution is 0.399. The summed E-state index contributed by atoms with van der Waals surface area (Å²) in [6.45, 7) is 0.479. The van der Waals surface area contributed by atoms with E-state index in [0.29, 0.717) is 22.5 Å². The number of methoxy groups -OCH3 is 1. The summed E-state index contributed by atoms with van der Waals surface area (Å²) in [6.07, 6.45) is 3.38. The van der Waals surface area contributed by atoms with Crippen LogP contribution in [0.3, 0.4) is 0 Å². The van der Waals surface area contributed by atoms with E-state index in [4.69, 9.17) is 9.88 Å². The number of hydrogen-bond donors (Lipinski definition) is 1. The molecule has 0 aliphatic heterocycles. The molecule has 0 atom stereocenters. The lowest BCUT2D eigenvalue weighted by Gasteiger charge is -2.10. The first kappa shape index (κ1) is 17.8. The van der Waals surface area contributed by atoms with Crippen molar-refractivity contribution in [3.63, 3.8) is 0 Å². The van der Waals surface area contributed by atoms with Crippen LogP contribution in [0, 0.1) is 0 Å². The maximum atomic E-state index is 11.5. The summed E-state index contributed by atoms with van der Waals surface area (Å²) in [5.41, 5.74) is 3.07. The number of aromatic nitrogens is 4. The van der Waals surface area contributed by atoms with Gasteiger partial charge in [-0.2, -0.15) is 4.98 Å². The van der Waals surface area contributed by atoms with Gasteiger partial charge in [-0.05, 0) is 23.8 Å². The van der Waals surface area contributed by atoms with Crippen LogP contribution in [0.15, 0.2) is 52.2 Å². The molecule has 0 aliphatic rings. The van der Waals surface area contributed by atoms with Gasteiger partial charge in [0.2, 0.25) is 15.9 Å². The van der Waals surface area contributed by atoms with Crippen molar-refractivity contribution in [1.82, 2.24) is 19.5 Å². The molecule has 3 heterocycles. The van der Waals surface area contributed by atoms with Crippen LogP contribution in [0.1, 0.15) is 5.56 Å². The number of benzene rings is 1. The number of sulfonamides is 1. The van der Waals surface area contributed by atoms with Crippen molar-refractivity contribution in [3.8, 4) is 5.88 Å². The summed E-state index contributed by atoms with van der Waals surface area (Å²) in [5, 5.41) is 6.03. The third kappa shape index (κ3) is 3.27. The van der Waals surface area contributed by atoms with Gasteiger partial charge in [-0.25, -0.2) is 23.5 Å². The van der Waals surface area contributed by atoms with E-state index in [1.807, 2.05) is 10.6 Å². The number of nitrogens with two attached hydrogens (primary N) is 1. The highest BCUT2D eigenvalue weighted by atomic mass is 79.9. The van der Waals surface area contributed by atoms with E-state index in [2.05, 4.69) is 30.9 Å². The van der Waals surface area contributed by atoms with Crippen LogP contribution in [-0.4, -0.2) is 35.0 Å². The lowest BCUT2D eigenvalue weighted by atomic mass is 10.2. The van der Waals surface area contributed by atoms with Gasteiger partial charge in [-0.1, -0.05) is 22.0 Å². The minimum Gasteiger partial charge on any atom is -0.481 e. The summed E-state index contributed by atoms with van der Waals surface area (Å²) < 4.78 is 30.8. The molecule has 0 amide bonds. The highest BCUT2D eigenvalue weighted by Crippen LogP contribution is 2.27. The van der Waals surface area contributed by atoms with Gasteiger partial charge in [0.1, 0.15) is 5.52 Å². The minimum absolute atomic E-state index is 0.0551. The lowest BCUT2D eigenvalue weighted by Crippen LogP contribution is -2.12. The zero-order valence-corrected chi connectivity index (χ0v) is 16.5. The van der Waals surface area contributed by atoms with Crippen LogP contribution in [0.5, 0.6) is 5.88 Å². The molecule has 2 N–H and O–H groups in total. The second kappa shape index (κ2) is 6.55. The fraction of sp³-hybridized carbons (Fsp3) is 0.118. The molecule has 10 heteroatoms. The van der Waals surface area contributed by atoms with Gasteiger partial charge in [0.05, 0.1) is 36.6 Å². The van der Waals surface area contributed by atoms with E-state index in [9.17, 15) is 8.42 Å². The van der Waals surface area contributed by atoms with Crippen molar-refractivity contribution in [1.29, 1.82) is 0 Å². The first-order valence-electron chi connectivity index (χ1n) is 7.82. The maximum absolute atomic E-state index is 11.5. The zero-order chi connectivity index (χ0) is 19.2. The number of rotatable bonds is 4. The Hall–Kier alpha value is -2.56. The molecule has 0 saturated carbocycles. The topological polar surface area (TPSA) is 113 Å². The molecular formula is C17H14BrN5O3S. The van der Waals surface area contributed by atoms with Gasteiger partial charge >= 0.3 is 0 Å². The molecule has 0 aliphatic carbocycles. The van der Waals surface area contributed by atoms with E-state index < -0.39 is 10.0 Å². The van der Waals surface area contributed by atoms with E-state index >= 15 is 0 Å². The number of ether oxygens (including phenoxy) is 1. The second-order valence-corrected chi connectivity index (χ2v) is 8.30. The smallest absolute Gasteiger partial charge is 0.238 e. The van der Waals surface area contributed by atoms with Crippen molar-refractivity contribution in [2.24, 2.45) is 5.14 Å². The van der Waals surface area contributed by atoms with Crippen LogP contribution >= 0.6 is 15.9 Å². The molecule has 0 unspecified atom stereocenters. The number of halogens is 1. The number of nitrogens with zero attached hydrogens (tertiary/aromatic N) is 4. The summed E-state index contributed by atoms with van der Waals surface area (Å²) in [7, 11) is -2.20. The number of imidazole rings is 1. The molecule has 1 aromatic carbocycles. The van der Waals surface area contributed by atoms with Gasteiger partial charge < -0.3 is 9.30 Å². The number of fused-ring (bicyclic) bond motifs is 3. The largest absolute Gasteiger partial charge is 0.481 e. The summed E-state index contributed by atoms with van der Waals surface area (Å²) in [6, 6.07) is 8.38. The van der Waals surface area contributed by atoms with Crippen molar-refractivity contribution in [3.05, 3.63) is 52.9 Å². The molecule has 4 aromatic rings. The fourth-order valence-electron chi connectivity index (χ4n) is 2.87. The monoisotopic (exact) mass is 447 g/mol. The van der Waals surface area contributed by atoms with Crippen LogP contribution in [-0.2, 0) is 16.6 Å². The summed E-state index contributed by atoms with van der Waals surface area (Å²) in [4.78, 5) is 13.2. The molecule has 0 bridgehead atoms. The number of hydrogen-bond acceptors (Lipinski definition) is 6. The SMILES string of the molecule is COc1ccc2c(ncc3ncn(Cc4ccc(S(N)(=O)=O)cc4Br)c32)n1. The Balaban J connectivity index is 1.82. The Kier molecular flexibility index (Phi) is 4.33. The molecule has 138 valence electrons. The van der Waals surface area contributed by atoms with Crippen LogP contribution in [0.4, 0.5) is 0 Å². The predicted molar refractivity (Wildman–Crippen MR) is 104 cm³/mol. The Labute approximate surface area is 163 Å². The minimum atomic E-state index is -3.75. The Bertz CT molecular complexity index is 1290. The molecule has 0 spiro atoms. The third-order valence-corrected chi connectivity index (χ3v) is 5.83. The Morgan fingerprint density at radius 1 is 1.22 bits per heavy atom. The van der Waals surface area contributed by atoms with E-state index in [1.54, 1.807) is 31.8 Å². The van der Waals surface area contributed by atoms with Crippen molar-refractivity contribution in [2.75, 3.05) is 7.11 Å². The maximum Gasteiger partial charge on any atom is 0.238 e. The first-order valence-corrected chi connectivity index (χ1v) is 10.2. The zero-order valence-electron chi connectivity index (χ0n) is 14.1. The normalized spacial score (nSPS) is 12.0. The van der Waals surface area contributed by atoms with Crippen molar-refractivity contribution < 1.29 is 13.2 Å². The quantitative estimate of drug-likeness (QED) is 0.513. The Morgan fingerprint density at radius 3 is 2.74 bits per heavy atom. The van der Waals surface area contributed by atoms with Crippen LogP contribution in [0.25, 0.3) is 22.1 Å². The van der Waals surface area contributed by atoms with Gasteiger partial charge in [0.15, 0.2) is 5.65 Å².